The molecule has 1 saturated carbocycles. The third-order valence-corrected chi connectivity index (χ3v) is 4.94. The van der Waals surface area contributed by atoms with Crippen molar-refractivity contribution in [2.45, 2.75) is 38.1 Å². The molecule has 3 aliphatic rings. The van der Waals surface area contributed by atoms with Gasteiger partial charge in [-0.3, -0.25) is 9.59 Å². The van der Waals surface area contributed by atoms with Crippen molar-refractivity contribution in [3.05, 3.63) is 0 Å². The van der Waals surface area contributed by atoms with Crippen LogP contribution in [0.5, 0.6) is 0 Å². The fourth-order valence-corrected chi connectivity index (χ4v) is 3.81. The molecule has 0 radical (unpaired) electrons. The van der Waals surface area contributed by atoms with Gasteiger partial charge < -0.3 is 15.5 Å². The summed E-state index contributed by atoms with van der Waals surface area (Å²) in [5.74, 6) is 1.48. The molecule has 2 heterocycles. The largest absolute Gasteiger partial charge is 0.341 e. The van der Waals surface area contributed by atoms with Crippen molar-refractivity contribution in [1.82, 2.24) is 9.80 Å². The molecule has 5 heteroatoms. The van der Waals surface area contributed by atoms with Crippen LogP contribution in [-0.2, 0) is 9.59 Å². The fraction of sp³-hybridized carbons (Fsp3) is 0.857. The van der Waals surface area contributed by atoms with Crippen molar-refractivity contribution in [3.8, 4) is 0 Å². The smallest absolute Gasteiger partial charge is 0.242 e. The van der Waals surface area contributed by atoms with Gasteiger partial charge in [0.25, 0.3) is 0 Å². The minimum Gasteiger partial charge on any atom is -0.341 e. The molecule has 19 heavy (non-hydrogen) atoms. The highest BCUT2D eigenvalue weighted by Crippen LogP contribution is 2.35. The molecule has 2 saturated heterocycles. The summed E-state index contributed by atoms with van der Waals surface area (Å²) in [5.41, 5.74) is 6.01. The fourth-order valence-electron chi connectivity index (χ4n) is 3.81. The summed E-state index contributed by atoms with van der Waals surface area (Å²) in [4.78, 5) is 27.5. The maximum atomic E-state index is 12.3. The number of carbonyl (C=O) groups excluding carboxylic acids is 2. The molecule has 0 bridgehead atoms. The van der Waals surface area contributed by atoms with E-state index in [9.17, 15) is 9.59 Å². The number of hydrogen-bond donors (Lipinski definition) is 1. The van der Waals surface area contributed by atoms with E-state index in [-0.39, 0.29) is 18.4 Å². The molecule has 5 nitrogen and oxygen atoms in total. The van der Waals surface area contributed by atoms with E-state index in [2.05, 4.69) is 0 Å². The minimum atomic E-state index is 0.123. The number of nitrogens with zero attached hydrogens (tertiary/aromatic N) is 2. The molecule has 0 aromatic carbocycles. The second kappa shape index (κ2) is 5.12. The molecule has 2 amide bonds. The van der Waals surface area contributed by atoms with Crippen LogP contribution in [-0.4, -0.2) is 53.8 Å². The lowest BCUT2D eigenvalue weighted by Gasteiger charge is -2.27. The first kappa shape index (κ1) is 12.9. The predicted octanol–water partition coefficient (Wildman–Crippen LogP) is 0.195. The van der Waals surface area contributed by atoms with Crippen LogP contribution in [0.25, 0.3) is 0 Å². The van der Waals surface area contributed by atoms with E-state index in [1.54, 1.807) is 4.90 Å². The zero-order valence-electron chi connectivity index (χ0n) is 11.4. The summed E-state index contributed by atoms with van der Waals surface area (Å²) < 4.78 is 0. The summed E-state index contributed by atoms with van der Waals surface area (Å²) >= 11 is 0. The molecule has 0 aromatic rings. The van der Waals surface area contributed by atoms with Crippen LogP contribution in [0.1, 0.15) is 32.1 Å². The van der Waals surface area contributed by atoms with Gasteiger partial charge >= 0.3 is 0 Å². The van der Waals surface area contributed by atoms with Gasteiger partial charge in [-0.15, -0.1) is 0 Å². The van der Waals surface area contributed by atoms with E-state index in [1.807, 2.05) is 4.90 Å². The molecule has 106 valence electrons. The number of nitrogens with two attached hydrogens (primary N) is 1. The minimum absolute atomic E-state index is 0.123. The Morgan fingerprint density at radius 3 is 2.79 bits per heavy atom. The lowest BCUT2D eigenvalue weighted by Crippen LogP contribution is -2.40. The van der Waals surface area contributed by atoms with E-state index in [0.29, 0.717) is 24.3 Å². The van der Waals surface area contributed by atoms with Gasteiger partial charge in [0.2, 0.25) is 11.8 Å². The zero-order valence-corrected chi connectivity index (χ0v) is 11.4. The average molecular weight is 265 g/mol. The highest BCUT2D eigenvalue weighted by molar-refractivity contribution is 5.86. The van der Waals surface area contributed by atoms with E-state index in [0.717, 1.165) is 45.3 Å². The van der Waals surface area contributed by atoms with Crippen molar-refractivity contribution in [1.29, 1.82) is 0 Å². The highest BCUT2D eigenvalue weighted by Gasteiger charge is 2.39. The summed E-state index contributed by atoms with van der Waals surface area (Å²) in [6, 6.07) is 0.316. The Bertz CT molecular complexity index is 385. The molecule has 3 rings (SSSR count). The van der Waals surface area contributed by atoms with E-state index in [1.165, 1.54) is 0 Å². The van der Waals surface area contributed by atoms with Crippen molar-refractivity contribution in [3.63, 3.8) is 0 Å². The third kappa shape index (κ3) is 2.61. The molecular weight excluding hydrogens is 242 g/mol. The first-order valence-electron chi connectivity index (χ1n) is 7.44. The van der Waals surface area contributed by atoms with Gasteiger partial charge in [0.15, 0.2) is 0 Å². The standard InChI is InChI=1S/C14H23N3O2/c15-12-4-3-10-7-17(8-11(10)6-12)14(19)9-16-5-1-2-13(16)18/h10-12H,1-9,15H2/t10-,11+,12?/m1/s1. The van der Waals surface area contributed by atoms with Crippen LogP contribution in [0.15, 0.2) is 0 Å². The predicted molar refractivity (Wildman–Crippen MR) is 71.2 cm³/mol. The summed E-state index contributed by atoms with van der Waals surface area (Å²) in [5, 5.41) is 0. The second-order valence-electron chi connectivity index (χ2n) is 6.31. The Labute approximate surface area is 114 Å². The first-order valence-corrected chi connectivity index (χ1v) is 7.44. The van der Waals surface area contributed by atoms with Crippen LogP contribution < -0.4 is 5.73 Å². The zero-order chi connectivity index (χ0) is 13.4. The number of amides is 2. The van der Waals surface area contributed by atoms with Crippen LogP contribution >= 0.6 is 0 Å². The third-order valence-electron chi connectivity index (χ3n) is 4.94. The van der Waals surface area contributed by atoms with Gasteiger partial charge in [-0.1, -0.05) is 0 Å². The molecule has 3 fully saturated rings. The number of hydrogen-bond acceptors (Lipinski definition) is 3. The van der Waals surface area contributed by atoms with Gasteiger partial charge in [0.05, 0.1) is 6.54 Å². The SMILES string of the molecule is NC1CC[C@@H]2CN(C(=O)CN3CCCC3=O)C[C@@H]2C1. The van der Waals surface area contributed by atoms with Gasteiger partial charge in [-0.05, 0) is 37.5 Å². The van der Waals surface area contributed by atoms with Crippen LogP contribution in [0.2, 0.25) is 0 Å². The van der Waals surface area contributed by atoms with E-state index < -0.39 is 0 Å². The number of fused-ring (bicyclic) bond motifs is 1. The lowest BCUT2D eigenvalue weighted by atomic mass is 9.79. The summed E-state index contributed by atoms with van der Waals surface area (Å²) in [7, 11) is 0. The molecule has 0 spiro atoms. The van der Waals surface area contributed by atoms with Crippen LogP contribution in [0.4, 0.5) is 0 Å². The molecule has 0 aromatic heterocycles. The topological polar surface area (TPSA) is 66.6 Å². The maximum Gasteiger partial charge on any atom is 0.242 e. The van der Waals surface area contributed by atoms with Crippen molar-refractivity contribution >= 4 is 11.8 Å². The Kier molecular flexibility index (Phi) is 3.48. The average Bonchev–Trinajstić information content (AvgIpc) is 2.96. The highest BCUT2D eigenvalue weighted by atomic mass is 16.2. The van der Waals surface area contributed by atoms with Gasteiger partial charge in [-0.2, -0.15) is 0 Å². The molecule has 1 unspecified atom stereocenters. The Morgan fingerprint density at radius 2 is 2.05 bits per heavy atom. The van der Waals surface area contributed by atoms with Gasteiger partial charge in [0, 0.05) is 32.1 Å². The number of likely N-dealkylation sites (tertiary alicyclic amines) is 2. The molecule has 2 N–H and O–H groups in total. The quantitative estimate of drug-likeness (QED) is 0.775. The molecule has 1 aliphatic carbocycles. The van der Waals surface area contributed by atoms with Crippen molar-refractivity contribution in [2.24, 2.45) is 17.6 Å². The molecular formula is C14H23N3O2. The number of rotatable bonds is 2. The maximum absolute atomic E-state index is 12.3. The number of carbonyl (C=O) groups is 2. The monoisotopic (exact) mass is 265 g/mol. The second-order valence-corrected chi connectivity index (χ2v) is 6.31. The van der Waals surface area contributed by atoms with Crippen molar-refractivity contribution in [2.75, 3.05) is 26.2 Å². The Morgan fingerprint density at radius 1 is 1.26 bits per heavy atom. The summed E-state index contributed by atoms with van der Waals surface area (Å²) in [6.07, 6.45) is 4.79. The van der Waals surface area contributed by atoms with Crippen LogP contribution in [0, 0.1) is 11.8 Å². The van der Waals surface area contributed by atoms with Crippen LogP contribution in [0.3, 0.4) is 0 Å². The normalized spacial score (nSPS) is 34.8. The lowest BCUT2D eigenvalue weighted by molar-refractivity contribution is -0.137. The molecule has 3 atom stereocenters. The Hall–Kier alpha value is -1.10. The Balaban J connectivity index is 1.55. The first-order chi connectivity index (χ1) is 9.13. The molecule has 2 aliphatic heterocycles. The van der Waals surface area contributed by atoms with E-state index in [4.69, 9.17) is 5.73 Å². The van der Waals surface area contributed by atoms with Gasteiger partial charge in [-0.25, -0.2) is 0 Å². The van der Waals surface area contributed by atoms with Crippen molar-refractivity contribution < 1.29 is 9.59 Å². The van der Waals surface area contributed by atoms with E-state index >= 15 is 0 Å². The van der Waals surface area contributed by atoms with Gasteiger partial charge in [0.1, 0.15) is 0 Å². The summed E-state index contributed by atoms with van der Waals surface area (Å²) in [6.45, 7) is 2.75.